The van der Waals surface area contributed by atoms with Crippen molar-refractivity contribution in [2.45, 2.75) is 26.9 Å². The number of nitrogens with two attached hydrogens (primary N) is 1. The standard InChI is InChI=1S/C15H22N2O/c1-11(2)9-17(3)10-13-12-6-4-5-7-14(12)18-15(13)8-16/h4-7,11H,8-10,16H2,1-3H3. The van der Waals surface area contributed by atoms with Crippen molar-refractivity contribution in [1.82, 2.24) is 4.90 Å². The number of para-hydroxylation sites is 1. The van der Waals surface area contributed by atoms with Gasteiger partial charge in [-0.15, -0.1) is 0 Å². The van der Waals surface area contributed by atoms with Crippen LogP contribution in [-0.2, 0) is 13.1 Å². The van der Waals surface area contributed by atoms with Crippen molar-refractivity contribution in [2.24, 2.45) is 11.7 Å². The van der Waals surface area contributed by atoms with Crippen molar-refractivity contribution >= 4 is 11.0 Å². The van der Waals surface area contributed by atoms with Gasteiger partial charge in [-0.2, -0.15) is 0 Å². The number of furan rings is 1. The fourth-order valence-electron chi connectivity index (χ4n) is 2.45. The van der Waals surface area contributed by atoms with Gasteiger partial charge in [0, 0.05) is 24.0 Å². The third kappa shape index (κ3) is 2.74. The highest BCUT2D eigenvalue weighted by molar-refractivity contribution is 5.82. The summed E-state index contributed by atoms with van der Waals surface area (Å²) in [6.07, 6.45) is 0. The maximum Gasteiger partial charge on any atom is 0.134 e. The highest BCUT2D eigenvalue weighted by atomic mass is 16.3. The molecule has 1 aromatic carbocycles. The Kier molecular flexibility index (Phi) is 4.04. The molecule has 2 aromatic rings. The zero-order valence-corrected chi connectivity index (χ0v) is 11.4. The molecule has 0 radical (unpaired) electrons. The molecule has 98 valence electrons. The summed E-state index contributed by atoms with van der Waals surface area (Å²) in [7, 11) is 2.14. The van der Waals surface area contributed by atoms with Gasteiger partial charge in [-0.25, -0.2) is 0 Å². The molecule has 0 saturated carbocycles. The average molecular weight is 246 g/mol. The second kappa shape index (κ2) is 5.55. The first-order valence-corrected chi connectivity index (χ1v) is 6.49. The first kappa shape index (κ1) is 13.1. The molecule has 0 atom stereocenters. The first-order valence-electron chi connectivity index (χ1n) is 6.49. The molecule has 3 heteroatoms. The van der Waals surface area contributed by atoms with E-state index in [1.165, 1.54) is 10.9 Å². The zero-order valence-electron chi connectivity index (χ0n) is 11.4. The van der Waals surface area contributed by atoms with E-state index < -0.39 is 0 Å². The minimum Gasteiger partial charge on any atom is -0.459 e. The van der Waals surface area contributed by atoms with E-state index in [9.17, 15) is 0 Å². The summed E-state index contributed by atoms with van der Waals surface area (Å²) in [5, 5.41) is 1.19. The van der Waals surface area contributed by atoms with E-state index in [0.717, 1.165) is 24.4 Å². The monoisotopic (exact) mass is 246 g/mol. The van der Waals surface area contributed by atoms with Gasteiger partial charge in [-0.1, -0.05) is 32.0 Å². The van der Waals surface area contributed by atoms with Crippen LogP contribution in [0.15, 0.2) is 28.7 Å². The molecule has 0 bridgehead atoms. The number of hydrogen-bond acceptors (Lipinski definition) is 3. The highest BCUT2D eigenvalue weighted by Crippen LogP contribution is 2.26. The van der Waals surface area contributed by atoms with E-state index in [-0.39, 0.29) is 0 Å². The normalized spacial score (nSPS) is 11.9. The van der Waals surface area contributed by atoms with Gasteiger partial charge in [0.15, 0.2) is 0 Å². The molecule has 0 amide bonds. The van der Waals surface area contributed by atoms with Crippen LogP contribution in [0.1, 0.15) is 25.2 Å². The van der Waals surface area contributed by atoms with Gasteiger partial charge in [-0.3, -0.25) is 0 Å². The Morgan fingerprint density at radius 1 is 1.28 bits per heavy atom. The molecule has 3 nitrogen and oxygen atoms in total. The minimum absolute atomic E-state index is 0.458. The first-order chi connectivity index (χ1) is 8.61. The molecule has 0 aliphatic rings. The molecule has 0 unspecified atom stereocenters. The van der Waals surface area contributed by atoms with Crippen molar-refractivity contribution in [3.63, 3.8) is 0 Å². The van der Waals surface area contributed by atoms with Crippen LogP contribution in [0.5, 0.6) is 0 Å². The lowest BCUT2D eigenvalue weighted by Crippen LogP contribution is -2.23. The second-order valence-corrected chi connectivity index (χ2v) is 5.29. The molecule has 0 spiro atoms. The molecule has 0 saturated heterocycles. The molecule has 0 fully saturated rings. The van der Waals surface area contributed by atoms with E-state index in [1.54, 1.807) is 0 Å². The lowest BCUT2D eigenvalue weighted by Gasteiger charge is -2.18. The summed E-state index contributed by atoms with van der Waals surface area (Å²) < 4.78 is 5.80. The number of benzene rings is 1. The topological polar surface area (TPSA) is 42.4 Å². The van der Waals surface area contributed by atoms with Crippen molar-refractivity contribution in [3.8, 4) is 0 Å². The molecule has 0 aliphatic heterocycles. The summed E-state index contributed by atoms with van der Waals surface area (Å²) in [5.74, 6) is 1.57. The Labute approximate surface area is 109 Å². The smallest absolute Gasteiger partial charge is 0.134 e. The summed E-state index contributed by atoms with van der Waals surface area (Å²) >= 11 is 0. The Balaban J connectivity index is 2.30. The van der Waals surface area contributed by atoms with Crippen LogP contribution in [0.25, 0.3) is 11.0 Å². The van der Waals surface area contributed by atoms with Crippen molar-refractivity contribution in [2.75, 3.05) is 13.6 Å². The van der Waals surface area contributed by atoms with Gasteiger partial charge in [-0.05, 0) is 19.0 Å². The SMILES string of the molecule is CC(C)CN(C)Cc1c(CN)oc2ccccc12. The summed E-state index contributed by atoms with van der Waals surface area (Å²) in [6.45, 7) is 6.88. The second-order valence-electron chi connectivity index (χ2n) is 5.29. The predicted octanol–water partition coefficient (Wildman–Crippen LogP) is 2.98. The molecule has 0 aliphatic carbocycles. The molecule has 1 aromatic heterocycles. The number of fused-ring (bicyclic) bond motifs is 1. The molecule has 1 heterocycles. The maximum absolute atomic E-state index is 5.80. The molecule has 2 rings (SSSR count). The summed E-state index contributed by atoms with van der Waals surface area (Å²) in [6, 6.07) is 8.15. The van der Waals surface area contributed by atoms with Crippen LogP contribution in [0.2, 0.25) is 0 Å². The molecular formula is C15H22N2O. The average Bonchev–Trinajstić information content (AvgIpc) is 2.66. The van der Waals surface area contributed by atoms with Gasteiger partial charge in [0.1, 0.15) is 11.3 Å². The van der Waals surface area contributed by atoms with Gasteiger partial charge in [0.2, 0.25) is 0 Å². The molecule has 18 heavy (non-hydrogen) atoms. The number of hydrogen-bond donors (Lipinski definition) is 1. The van der Waals surface area contributed by atoms with Crippen LogP contribution in [0.3, 0.4) is 0 Å². The van der Waals surface area contributed by atoms with E-state index in [4.69, 9.17) is 10.2 Å². The summed E-state index contributed by atoms with van der Waals surface area (Å²) in [5.41, 5.74) is 7.95. The van der Waals surface area contributed by atoms with Crippen molar-refractivity contribution in [3.05, 3.63) is 35.6 Å². The van der Waals surface area contributed by atoms with Crippen molar-refractivity contribution in [1.29, 1.82) is 0 Å². The fourth-order valence-corrected chi connectivity index (χ4v) is 2.45. The summed E-state index contributed by atoms with van der Waals surface area (Å²) in [4.78, 5) is 2.32. The third-order valence-corrected chi connectivity index (χ3v) is 3.07. The number of nitrogens with zero attached hydrogens (tertiary/aromatic N) is 1. The fraction of sp³-hybridized carbons (Fsp3) is 0.467. The lowest BCUT2D eigenvalue weighted by atomic mass is 10.1. The minimum atomic E-state index is 0.458. The number of rotatable bonds is 5. The van der Waals surface area contributed by atoms with E-state index in [1.807, 2.05) is 18.2 Å². The Hall–Kier alpha value is -1.32. The van der Waals surface area contributed by atoms with Crippen LogP contribution in [0, 0.1) is 5.92 Å². The Morgan fingerprint density at radius 2 is 2.00 bits per heavy atom. The lowest BCUT2D eigenvalue weighted by molar-refractivity contribution is 0.287. The Bertz CT molecular complexity index is 516. The van der Waals surface area contributed by atoms with Crippen LogP contribution in [0.4, 0.5) is 0 Å². The van der Waals surface area contributed by atoms with Gasteiger partial charge < -0.3 is 15.1 Å². The highest BCUT2D eigenvalue weighted by Gasteiger charge is 2.14. The van der Waals surface area contributed by atoms with Crippen LogP contribution < -0.4 is 5.73 Å². The third-order valence-electron chi connectivity index (χ3n) is 3.07. The van der Waals surface area contributed by atoms with Crippen LogP contribution in [-0.4, -0.2) is 18.5 Å². The molecular weight excluding hydrogens is 224 g/mol. The quantitative estimate of drug-likeness (QED) is 0.882. The zero-order chi connectivity index (χ0) is 13.1. The Morgan fingerprint density at radius 3 is 2.67 bits per heavy atom. The van der Waals surface area contributed by atoms with Crippen molar-refractivity contribution < 1.29 is 4.42 Å². The maximum atomic E-state index is 5.80. The predicted molar refractivity (Wildman–Crippen MR) is 75.3 cm³/mol. The van der Waals surface area contributed by atoms with Gasteiger partial charge >= 0.3 is 0 Å². The van der Waals surface area contributed by atoms with E-state index in [2.05, 4.69) is 31.9 Å². The largest absolute Gasteiger partial charge is 0.459 e. The molecule has 2 N–H and O–H groups in total. The van der Waals surface area contributed by atoms with E-state index in [0.29, 0.717) is 12.5 Å². The van der Waals surface area contributed by atoms with E-state index >= 15 is 0 Å². The van der Waals surface area contributed by atoms with Gasteiger partial charge in [0.25, 0.3) is 0 Å². The van der Waals surface area contributed by atoms with Crippen LogP contribution >= 0.6 is 0 Å². The van der Waals surface area contributed by atoms with Gasteiger partial charge in [0.05, 0.1) is 6.54 Å².